The molecular weight excluding hydrogens is 278 g/mol. The number of hydrogen-bond donors (Lipinski definition) is 1. The van der Waals surface area contributed by atoms with Gasteiger partial charge in [-0.1, -0.05) is 6.92 Å². The molecule has 0 saturated carbocycles. The Labute approximate surface area is 122 Å². The average molecular weight is 305 g/mol. The molecule has 6 nitrogen and oxygen atoms in total. The first-order valence-electron chi connectivity index (χ1n) is 7.59. The summed E-state index contributed by atoms with van der Waals surface area (Å²) in [6, 6.07) is 0.276. The Hall–Kier alpha value is -0.210. The second-order valence-electron chi connectivity index (χ2n) is 5.87. The van der Waals surface area contributed by atoms with E-state index in [2.05, 4.69) is 18.7 Å². The van der Waals surface area contributed by atoms with Crippen molar-refractivity contribution in [2.45, 2.75) is 32.7 Å². The van der Waals surface area contributed by atoms with Crippen molar-refractivity contribution in [3.8, 4) is 0 Å². The molecule has 0 radical (unpaired) electrons. The van der Waals surface area contributed by atoms with E-state index >= 15 is 0 Å². The van der Waals surface area contributed by atoms with Gasteiger partial charge in [0, 0.05) is 45.4 Å². The van der Waals surface area contributed by atoms with Crippen LogP contribution in [0.2, 0.25) is 0 Å². The second-order valence-corrected chi connectivity index (χ2v) is 7.80. The van der Waals surface area contributed by atoms with Crippen molar-refractivity contribution in [3.05, 3.63) is 0 Å². The molecule has 118 valence electrons. The van der Waals surface area contributed by atoms with Crippen molar-refractivity contribution in [2.75, 3.05) is 45.9 Å². The molecule has 20 heavy (non-hydrogen) atoms. The van der Waals surface area contributed by atoms with Gasteiger partial charge in [0.15, 0.2) is 0 Å². The van der Waals surface area contributed by atoms with E-state index in [0.717, 1.165) is 25.9 Å². The number of aliphatic hydroxyl groups excluding tert-OH is 1. The van der Waals surface area contributed by atoms with Crippen molar-refractivity contribution in [3.63, 3.8) is 0 Å². The van der Waals surface area contributed by atoms with E-state index in [9.17, 15) is 8.42 Å². The predicted molar refractivity (Wildman–Crippen MR) is 78.6 cm³/mol. The minimum absolute atomic E-state index is 0.167. The molecule has 2 fully saturated rings. The summed E-state index contributed by atoms with van der Waals surface area (Å²) in [5.74, 6) is 0.261. The van der Waals surface area contributed by atoms with E-state index < -0.39 is 10.2 Å². The minimum Gasteiger partial charge on any atom is -0.396 e. The Balaban J connectivity index is 1.97. The molecule has 0 aromatic carbocycles. The molecule has 2 rings (SSSR count). The number of hydrogen-bond acceptors (Lipinski definition) is 4. The highest BCUT2D eigenvalue weighted by molar-refractivity contribution is 7.86. The summed E-state index contributed by atoms with van der Waals surface area (Å²) in [5.41, 5.74) is 0. The summed E-state index contributed by atoms with van der Waals surface area (Å²) in [7, 11) is -3.32. The Morgan fingerprint density at radius 2 is 1.75 bits per heavy atom. The molecule has 0 bridgehead atoms. The van der Waals surface area contributed by atoms with Gasteiger partial charge in [0.1, 0.15) is 0 Å². The lowest BCUT2D eigenvalue weighted by Gasteiger charge is -2.41. The van der Waals surface area contributed by atoms with Gasteiger partial charge in [0.25, 0.3) is 10.2 Å². The molecule has 2 saturated heterocycles. The standard InChI is InChI=1S/C13H27N3O3S/c1-3-14-8-9-16(10-12(14)2)20(18,19)15-6-4-13(11-17)5-7-15/h12-13,17H,3-11H2,1-2H3. The van der Waals surface area contributed by atoms with Gasteiger partial charge in [-0.2, -0.15) is 17.0 Å². The van der Waals surface area contributed by atoms with Crippen LogP contribution in [-0.2, 0) is 10.2 Å². The Morgan fingerprint density at radius 3 is 2.25 bits per heavy atom. The van der Waals surface area contributed by atoms with Crippen LogP contribution in [0.1, 0.15) is 26.7 Å². The second kappa shape index (κ2) is 6.70. The normalized spacial score (nSPS) is 28.9. The largest absolute Gasteiger partial charge is 0.396 e. The van der Waals surface area contributed by atoms with Gasteiger partial charge in [0.2, 0.25) is 0 Å². The number of piperidine rings is 1. The molecular formula is C13H27N3O3S. The van der Waals surface area contributed by atoms with Crippen LogP contribution in [0.4, 0.5) is 0 Å². The zero-order valence-electron chi connectivity index (χ0n) is 12.5. The zero-order chi connectivity index (χ0) is 14.8. The Kier molecular flexibility index (Phi) is 5.42. The summed E-state index contributed by atoms with van der Waals surface area (Å²) in [4.78, 5) is 2.31. The van der Waals surface area contributed by atoms with Gasteiger partial charge < -0.3 is 5.11 Å². The van der Waals surface area contributed by atoms with Crippen LogP contribution in [0.3, 0.4) is 0 Å². The van der Waals surface area contributed by atoms with Gasteiger partial charge in [0.05, 0.1) is 0 Å². The topological polar surface area (TPSA) is 64.1 Å². The molecule has 0 amide bonds. The van der Waals surface area contributed by atoms with Gasteiger partial charge in [-0.15, -0.1) is 0 Å². The lowest BCUT2D eigenvalue weighted by molar-refractivity contribution is 0.125. The molecule has 1 N–H and O–H groups in total. The molecule has 0 aliphatic carbocycles. The number of aliphatic hydroxyl groups is 1. The summed E-state index contributed by atoms with van der Waals surface area (Å²) in [6.45, 7) is 8.38. The van der Waals surface area contributed by atoms with Crippen LogP contribution in [0, 0.1) is 5.92 Å². The van der Waals surface area contributed by atoms with Crippen LogP contribution in [0.15, 0.2) is 0 Å². The van der Waals surface area contributed by atoms with Gasteiger partial charge in [-0.05, 0) is 32.2 Å². The van der Waals surface area contributed by atoms with Crippen molar-refractivity contribution in [2.24, 2.45) is 5.92 Å². The predicted octanol–water partition coefficient (Wildman–Crippen LogP) is -0.0385. The fraction of sp³-hybridized carbons (Fsp3) is 1.00. The number of piperazine rings is 1. The van der Waals surface area contributed by atoms with E-state index in [1.165, 1.54) is 0 Å². The molecule has 0 aromatic rings. The number of likely N-dealkylation sites (N-methyl/N-ethyl adjacent to an activating group) is 1. The van der Waals surface area contributed by atoms with E-state index in [0.29, 0.717) is 26.2 Å². The van der Waals surface area contributed by atoms with Gasteiger partial charge in [-0.25, -0.2) is 0 Å². The highest BCUT2D eigenvalue weighted by Gasteiger charge is 2.36. The smallest absolute Gasteiger partial charge is 0.282 e. The molecule has 7 heteroatoms. The summed E-state index contributed by atoms with van der Waals surface area (Å²) in [6.07, 6.45) is 1.53. The van der Waals surface area contributed by atoms with E-state index in [1.54, 1.807) is 8.61 Å². The van der Waals surface area contributed by atoms with E-state index in [1.807, 2.05) is 0 Å². The summed E-state index contributed by atoms with van der Waals surface area (Å²) in [5, 5.41) is 9.14. The molecule has 2 heterocycles. The van der Waals surface area contributed by atoms with Crippen LogP contribution >= 0.6 is 0 Å². The highest BCUT2D eigenvalue weighted by atomic mass is 32.2. The zero-order valence-corrected chi connectivity index (χ0v) is 13.3. The molecule has 1 atom stereocenters. The van der Waals surface area contributed by atoms with Gasteiger partial charge in [-0.3, -0.25) is 4.90 Å². The van der Waals surface area contributed by atoms with Crippen molar-refractivity contribution >= 4 is 10.2 Å². The summed E-state index contributed by atoms with van der Waals surface area (Å²) >= 11 is 0. The molecule has 2 aliphatic rings. The fourth-order valence-corrected chi connectivity index (χ4v) is 4.84. The molecule has 1 unspecified atom stereocenters. The average Bonchev–Trinajstić information content (AvgIpc) is 2.47. The van der Waals surface area contributed by atoms with Crippen molar-refractivity contribution in [1.82, 2.24) is 13.5 Å². The lowest BCUT2D eigenvalue weighted by Crippen LogP contribution is -2.57. The minimum atomic E-state index is -3.32. The van der Waals surface area contributed by atoms with Crippen molar-refractivity contribution in [1.29, 1.82) is 0 Å². The summed E-state index contributed by atoms with van der Waals surface area (Å²) < 4.78 is 28.5. The van der Waals surface area contributed by atoms with Crippen LogP contribution in [-0.4, -0.2) is 79.0 Å². The molecule has 0 spiro atoms. The third-order valence-electron chi connectivity index (χ3n) is 4.62. The Bertz CT molecular complexity index is 407. The monoisotopic (exact) mass is 305 g/mol. The first kappa shape index (κ1) is 16.2. The maximum Gasteiger partial charge on any atom is 0.282 e. The maximum absolute atomic E-state index is 12.6. The van der Waals surface area contributed by atoms with Crippen molar-refractivity contribution < 1.29 is 13.5 Å². The molecule has 0 aromatic heterocycles. The molecule has 2 aliphatic heterocycles. The Morgan fingerprint density at radius 1 is 1.10 bits per heavy atom. The quantitative estimate of drug-likeness (QED) is 0.792. The van der Waals surface area contributed by atoms with E-state index in [4.69, 9.17) is 5.11 Å². The first-order chi connectivity index (χ1) is 9.48. The van der Waals surface area contributed by atoms with Crippen LogP contribution in [0.25, 0.3) is 0 Å². The van der Waals surface area contributed by atoms with Crippen LogP contribution in [0.5, 0.6) is 0 Å². The van der Waals surface area contributed by atoms with Gasteiger partial charge >= 0.3 is 0 Å². The highest BCUT2D eigenvalue weighted by Crippen LogP contribution is 2.22. The fourth-order valence-electron chi connectivity index (χ4n) is 3.13. The van der Waals surface area contributed by atoms with E-state index in [-0.39, 0.29) is 18.6 Å². The first-order valence-corrected chi connectivity index (χ1v) is 8.98. The maximum atomic E-state index is 12.6. The SMILES string of the molecule is CCN1CCN(S(=O)(=O)N2CCC(CO)CC2)CC1C. The van der Waals surface area contributed by atoms with Crippen LogP contribution < -0.4 is 0 Å². The number of rotatable bonds is 4. The lowest BCUT2D eigenvalue weighted by atomic mass is 10.00. The third kappa shape index (κ3) is 3.33. The third-order valence-corrected chi connectivity index (χ3v) is 6.62. The number of nitrogens with zero attached hydrogens (tertiary/aromatic N) is 3.